The van der Waals surface area contributed by atoms with Crippen LogP contribution in [0.2, 0.25) is 0 Å². The minimum absolute atomic E-state index is 0.238. The molecule has 0 aliphatic heterocycles. The summed E-state index contributed by atoms with van der Waals surface area (Å²) in [6.07, 6.45) is 6.60. The highest BCUT2D eigenvalue weighted by Gasteiger charge is 2.23. The number of esters is 1. The van der Waals surface area contributed by atoms with Crippen LogP contribution in [0.1, 0.15) is 31.8 Å². The van der Waals surface area contributed by atoms with Crippen LogP contribution in [-0.2, 0) is 27.2 Å². The number of nitrogens with zero attached hydrogens (tertiary/aromatic N) is 2. The fraction of sp³-hybridized carbons (Fsp3) is 0.161. The molecule has 2 amide bonds. The molecule has 2 aromatic carbocycles. The number of amides is 2. The van der Waals surface area contributed by atoms with Crippen LogP contribution in [0.5, 0.6) is 0 Å². The Kier molecular flexibility index (Phi) is 11.7. The Balaban J connectivity index is 0.000000226. The molecule has 4 rings (SSSR count). The molecule has 2 atom stereocenters. The van der Waals surface area contributed by atoms with Crippen LogP contribution in [0.4, 0.5) is 0 Å². The first kappa shape index (κ1) is 30.2. The van der Waals surface area contributed by atoms with Crippen LogP contribution >= 0.6 is 0 Å². The molecular weight excluding hydrogens is 524 g/mol. The van der Waals surface area contributed by atoms with E-state index in [1.807, 2.05) is 60.7 Å². The number of carboxylic acids is 1. The summed E-state index contributed by atoms with van der Waals surface area (Å²) in [5, 5.41) is 14.4. The fourth-order valence-electron chi connectivity index (χ4n) is 3.71. The van der Waals surface area contributed by atoms with Gasteiger partial charge in [0.25, 0.3) is 11.8 Å². The molecule has 10 nitrogen and oxygen atoms in total. The molecule has 0 spiro atoms. The lowest BCUT2D eigenvalue weighted by Gasteiger charge is -2.16. The van der Waals surface area contributed by atoms with Gasteiger partial charge in [-0.1, -0.05) is 60.7 Å². The minimum atomic E-state index is -1.06. The highest BCUT2D eigenvalue weighted by atomic mass is 16.5. The van der Waals surface area contributed by atoms with Gasteiger partial charge in [-0.15, -0.1) is 0 Å². The van der Waals surface area contributed by atoms with Crippen molar-refractivity contribution in [3.05, 3.63) is 132 Å². The summed E-state index contributed by atoms with van der Waals surface area (Å²) >= 11 is 0. The number of rotatable bonds is 10. The third-order valence-corrected chi connectivity index (χ3v) is 5.81. The van der Waals surface area contributed by atoms with E-state index < -0.39 is 29.9 Å². The largest absolute Gasteiger partial charge is 0.480 e. The summed E-state index contributed by atoms with van der Waals surface area (Å²) in [6.45, 7) is 0. The first-order chi connectivity index (χ1) is 19.9. The van der Waals surface area contributed by atoms with E-state index in [1.165, 1.54) is 19.5 Å². The van der Waals surface area contributed by atoms with Crippen molar-refractivity contribution in [1.82, 2.24) is 20.6 Å². The number of methoxy groups -OCH3 is 1. The molecule has 3 N–H and O–H groups in total. The lowest BCUT2D eigenvalue weighted by atomic mass is 10.1. The van der Waals surface area contributed by atoms with Crippen LogP contribution in [0, 0.1) is 0 Å². The fourth-order valence-corrected chi connectivity index (χ4v) is 3.71. The van der Waals surface area contributed by atoms with E-state index >= 15 is 0 Å². The zero-order valence-corrected chi connectivity index (χ0v) is 22.3. The number of benzene rings is 2. The maximum atomic E-state index is 12.1. The summed E-state index contributed by atoms with van der Waals surface area (Å²) in [5.74, 6) is -2.34. The predicted molar refractivity (Wildman–Crippen MR) is 151 cm³/mol. The van der Waals surface area contributed by atoms with E-state index in [0.717, 1.165) is 11.1 Å². The molecule has 0 aliphatic rings. The Morgan fingerprint density at radius 3 is 1.51 bits per heavy atom. The van der Waals surface area contributed by atoms with Crippen molar-refractivity contribution in [2.45, 2.75) is 24.9 Å². The third kappa shape index (κ3) is 10.0. The number of hydrogen-bond donors (Lipinski definition) is 3. The second kappa shape index (κ2) is 15.9. The van der Waals surface area contributed by atoms with Gasteiger partial charge in [0.15, 0.2) is 0 Å². The van der Waals surface area contributed by atoms with Gasteiger partial charge in [0.1, 0.15) is 12.1 Å². The standard InChI is InChI=1S/C16H16N2O3.C15H14N2O3/c1-21-16(20)14(10-12-6-3-2-4-7-12)18-15(19)13-8-5-9-17-11-13;18-14(12-7-4-8-16-10-12)17-13(15(19)20)9-11-5-2-1-3-6-11/h2-9,11,14H,10H2,1H3,(H,18,19);1-8,10,13H,9H2,(H,17,18)(H,19,20). The lowest BCUT2D eigenvalue weighted by molar-refractivity contribution is -0.143. The SMILES string of the molecule is COC(=O)C(Cc1ccccc1)NC(=O)c1cccnc1.O=C(NC(Cc1ccccc1)C(=O)O)c1cccnc1. The summed E-state index contributed by atoms with van der Waals surface area (Å²) in [5.41, 5.74) is 2.54. The Morgan fingerprint density at radius 1 is 0.683 bits per heavy atom. The van der Waals surface area contributed by atoms with E-state index in [9.17, 15) is 24.3 Å². The molecule has 0 bridgehead atoms. The second-order valence-electron chi connectivity index (χ2n) is 8.78. The first-order valence-corrected chi connectivity index (χ1v) is 12.7. The lowest BCUT2D eigenvalue weighted by Crippen LogP contribution is -2.43. The van der Waals surface area contributed by atoms with Crippen LogP contribution in [-0.4, -0.2) is 58.0 Å². The molecule has 41 heavy (non-hydrogen) atoms. The van der Waals surface area contributed by atoms with Crippen LogP contribution in [0.25, 0.3) is 0 Å². The Bertz CT molecular complexity index is 1400. The zero-order chi connectivity index (χ0) is 29.5. The Morgan fingerprint density at radius 2 is 1.12 bits per heavy atom. The zero-order valence-electron chi connectivity index (χ0n) is 22.3. The number of ether oxygens (including phenoxy) is 1. The monoisotopic (exact) mass is 554 g/mol. The molecule has 2 aromatic heterocycles. The van der Waals surface area contributed by atoms with E-state index in [1.54, 1.807) is 36.7 Å². The third-order valence-electron chi connectivity index (χ3n) is 5.81. The number of carbonyl (C=O) groups excluding carboxylic acids is 3. The molecule has 0 fully saturated rings. The molecule has 10 heteroatoms. The van der Waals surface area contributed by atoms with E-state index in [2.05, 4.69) is 20.6 Å². The molecular formula is C31H30N4O6. The number of pyridine rings is 2. The van der Waals surface area contributed by atoms with Crippen molar-refractivity contribution in [1.29, 1.82) is 0 Å². The molecule has 4 aromatic rings. The van der Waals surface area contributed by atoms with Crippen molar-refractivity contribution in [2.24, 2.45) is 0 Å². The van der Waals surface area contributed by atoms with Gasteiger partial charge in [-0.05, 0) is 35.4 Å². The molecule has 2 heterocycles. The van der Waals surface area contributed by atoms with Gasteiger partial charge in [0.2, 0.25) is 0 Å². The smallest absolute Gasteiger partial charge is 0.328 e. The maximum Gasteiger partial charge on any atom is 0.328 e. The van der Waals surface area contributed by atoms with E-state index in [4.69, 9.17) is 4.74 Å². The molecule has 210 valence electrons. The number of hydrogen-bond acceptors (Lipinski definition) is 7. The van der Waals surface area contributed by atoms with Gasteiger partial charge in [-0.3, -0.25) is 19.6 Å². The molecule has 0 radical (unpaired) electrons. The van der Waals surface area contributed by atoms with Gasteiger partial charge < -0.3 is 20.5 Å². The summed E-state index contributed by atoms with van der Waals surface area (Å²) in [6, 6.07) is 23.4. The summed E-state index contributed by atoms with van der Waals surface area (Å²) in [4.78, 5) is 54.8. The van der Waals surface area contributed by atoms with Crippen LogP contribution in [0.15, 0.2) is 110 Å². The number of carboxylic acid groups (broad SMARTS) is 1. The normalized spacial score (nSPS) is 11.5. The quantitative estimate of drug-likeness (QED) is 0.253. The second-order valence-corrected chi connectivity index (χ2v) is 8.78. The first-order valence-electron chi connectivity index (χ1n) is 12.7. The van der Waals surface area contributed by atoms with E-state index in [-0.39, 0.29) is 12.3 Å². The molecule has 0 saturated heterocycles. The van der Waals surface area contributed by atoms with Gasteiger partial charge in [0.05, 0.1) is 18.2 Å². The van der Waals surface area contributed by atoms with Crippen molar-refractivity contribution >= 4 is 23.8 Å². The van der Waals surface area contributed by atoms with Gasteiger partial charge in [-0.2, -0.15) is 0 Å². The molecule has 0 saturated carbocycles. The molecule has 0 aliphatic carbocycles. The van der Waals surface area contributed by atoms with Crippen molar-refractivity contribution in [3.63, 3.8) is 0 Å². The predicted octanol–water partition coefficient (Wildman–Crippen LogP) is 3.10. The van der Waals surface area contributed by atoms with Gasteiger partial charge >= 0.3 is 11.9 Å². The highest BCUT2D eigenvalue weighted by Crippen LogP contribution is 2.07. The molecule has 2 unspecified atom stereocenters. The average molecular weight is 555 g/mol. The minimum Gasteiger partial charge on any atom is -0.480 e. The maximum absolute atomic E-state index is 12.1. The summed E-state index contributed by atoms with van der Waals surface area (Å²) in [7, 11) is 1.30. The van der Waals surface area contributed by atoms with Gasteiger partial charge in [-0.25, -0.2) is 9.59 Å². The van der Waals surface area contributed by atoms with Crippen LogP contribution < -0.4 is 10.6 Å². The average Bonchev–Trinajstić information content (AvgIpc) is 3.02. The van der Waals surface area contributed by atoms with Crippen molar-refractivity contribution in [2.75, 3.05) is 7.11 Å². The number of aromatic nitrogens is 2. The van der Waals surface area contributed by atoms with E-state index in [0.29, 0.717) is 17.5 Å². The van der Waals surface area contributed by atoms with Gasteiger partial charge in [0, 0.05) is 37.6 Å². The number of aliphatic carboxylic acids is 1. The Labute approximate surface area is 237 Å². The number of nitrogens with one attached hydrogen (secondary N) is 2. The number of carbonyl (C=O) groups is 4. The van der Waals surface area contributed by atoms with Crippen LogP contribution in [0.3, 0.4) is 0 Å². The summed E-state index contributed by atoms with van der Waals surface area (Å²) < 4.78 is 4.75. The highest BCUT2D eigenvalue weighted by molar-refractivity contribution is 5.97. The van der Waals surface area contributed by atoms with Crippen molar-refractivity contribution in [3.8, 4) is 0 Å². The van der Waals surface area contributed by atoms with Crippen molar-refractivity contribution < 1.29 is 29.0 Å². The Hall–Kier alpha value is -5.38. The topological polar surface area (TPSA) is 148 Å².